The van der Waals surface area contributed by atoms with E-state index in [4.69, 9.17) is 4.74 Å². The molecule has 2 aromatic rings. The maximum absolute atomic E-state index is 12.1. The molecule has 0 heterocycles. The van der Waals surface area contributed by atoms with Crippen LogP contribution in [0.2, 0.25) is 0 Å². The Morgan fingerprint density at radius 2 is 1.67 bits per heavy atom. The first-order valence-electron chi connectivity index (χ1n) is 7.73. The van der Waals surface area contributed by atoms with Gasteiger partial charge in [-0.1, -0.05) is 24.3 Å². The van der Waals surface area contributed by atoms with E-state index in [1.165, 1.54) is 0 Å². The number of hydrogen-bond acceptors (Lipinski definition) is 3. The van der Waals surface area contributed by atoms with E-state index in [1.807, 2.05) is 63.2 Å². The molecule has 0 saturated carbocycles. The second-order valence-electron chi connectivity index (χ2n) is 5.74. The molecule has 1 unspecified atom stereocenters. The third-order valence-electron chi connectivity index (χ3n) is 3.81. The smallest absolute Gasteiger partial charge is 0.313 e. The summed E-state index contributed by atoms with van der Waals surface area (Å²) in [6.07, 6.45) is 0. The van der Waals surface area contributed by atoms with E-state index in [9.17, 15) is 9.59 Å². The zero-order chi connectivity index (χ0) is 17.7. The number of carbonyl (C=O) groups excluding carboxylic acids is 2. The first-order valence-corrected chi connectivity index (χ1v) is 7.73. The van der Waals surface area contributed by atoms with Crippen molar-refractivity contribution < 1.29 is 14.3 Å². The van der Waals surface area contributed by atoms with Crippen LogP contribution >= 0.6 is 0 Å². The minimum Gasteiger partial charge on any atom is -0.497 e. The molecule has 0 bridgehead atoms. The van der Waals surface area contributed by atoms with Crippen molar-refractivity contribution in [3.8, 4) is 5.75 Å². The van der Waals surface area contributed by atoms with E-state index in [-0.39, 0.29) is 6.04 Å². The molecule has 5 nitrogen and oxygen atoms in total. The third kappa shape index (κ3) is 4.35. The van der Waals surface area contributed by atoms with Crippen LogP contribution in [0.4, 0.5) is 5.69 Å². The maximum atomic E-state index is 12.1. The van der Waals surface area contributed by atoms with Gasteiger partial charge in [-0.05, 0) is 55.7 Å². The molecule has 126 valence electrons. The molecular weight excluding hydrogens is 304 g/mol. The molecule has 24 heavy (non-hydrogen) atoms. The van der Waals surface area contributed by atoms with Crippen LogP contribution in [0.5, 0.6) is 5.75 Å². The van der Waals surface area contributed by atoms with E-state index < -0.39 is 11.8 Å². The highest BCUT2D eigenvalue weighted by molar-refractivity contribution is 6.39. The Bertz CT molecular complexity index is 739. The number of rotatable bonds is 4. The van der Waals surface area contributed by atoms with Gasteiger partial charge in [0.15, 0.2) is 0 Å². The van der Waals surface area contributed by atoms with Gasteiger partial charge in [0, 0.05) is 5.69 Å². The Labute approximate surface area is 142 Å². The van der Waals surface area contributed by atoms with Crippen LogP contribution in [0, 0.1) is 13.8 Å². The van der Waals surface area contributed by atoms with Crippen LogP contribution in [-0.4, -0.2) is 18.9 Å². The molecule has 0 radical (unpaired) electrons. The highest BCUT2D eigenvalue weighted by Gasteiger charge is 2.18. The molecule has 2 amide bonds. The van der Waals surface area contributed by atoms with Gasteiger partial charge in [-0.25, -0.2) is 0 Å². The molecule has 1 atom stereocenters. The van der Waals surface area contributed by atoms with Crippen LogP contribution in [0.25, 0.3) is 0 Å². The number of ether oxygens (including phenoxy) is 1. The highest BCUT2D eigenvalue weighted by atomic mass is 16.5. The molecule has 0 aliphatic carbocycles. The molecule has 2 N–H and O–H groups in total. The van der Waals surface area contributed by atoms with Crippen LogP contribution in [0.3, 0.4) is 0 Å². The second-order valence-corrected chi connectivity index (χ2v) is 5.74. The molecule has 0 spiro atoms. The fourth-order valence-corrected chi connectivity index (χ4v) is 2.29. The molecule has 2 rings (SSSR count). The molecule has 2 aromatic carbocycles. The first-order chi connectivity index (χ1) is 11.4. The Kier molecular flexibility index (Phi) is 5.58. The zero-order valence-electron chi connectivity index (χ0n) is 14.3. The normalized spacial score (nSPS) is 11.5. The predicted molar refractivity (Wildman–Crippen MR) is 94.1 cm³/mol. The van der Waals surface area contributed by atoms with Crippen molar-refractivity contribution >= 4 is 17.5 Å². The van der Waals surface area contributed by atoms with Crippen molar-refractivity contribution in [2.75, 3.05) is 12.4 Å². The maximum Gasteiger partial charge on any atom is 0.313 e. The van der Waals surface area contributed by atoms with Crippen molar-refractivity contribution in [3.05, 3.63) is 59.2 Å². The summed E-state index contributed by atoms with van der Waals surface area (Å²) < 4.78 is 5.10. The summed E-state index contributed by atoms with van der Waals surface area (Å²) in [5, 5.41) is 5.35. The molecule has 0 aliphatic heterocycles. The monoisotopic (exact) mass is 326 g/mol. The van der Waals surface area contributed by atoms with Crippen molar-refractivity contribution in [1.29, 1.82) is 0 Å². The molecule has 0 aromatic heterocycles. The van der Waals surface area contributed by atoms with Gasteiger partial charge in [0.25, 0.3) is 0 Å². The number of hydrogen-bond donors (Lipinski definition) is 2. The number of carbonyl (C=O) groups is 2. The summed E-state index contributed by atoms with van der Waals surface area (Å²) in [6.45, 7) is 5.64. The van der Waals surface area contributed by atoms with E-state index in [1.54, 1.807) is 7.11 Å². The lowest BCUT2D eigenvalue weighted by molar-refractivity contribution is -0.136. The van der Waals surface area contributed by atoms with Crippen LogP contribution in [0.15, 0.2) is 42.5 Å². The lowest BCUT2D eigenvalue weighted by Crippen LogP contribution is -2.37. The van der Waals surface area contributed by atoms with Crippen LogP contribution in [0.1, 0.15) is 29.7 Å². The van der Waals surface area contributed by atoms with Gasteiger partial charge in [-0.15, -0.1) is 0 Å². The molecule has 0 saturated heterocycles. The second kappa shape index (κ2) is 7.64. The van der Waals surface area contributed by atoms with Gasteiger partial charge in [-0.3, -0.25) is 9.59 Å². The minimum absolute atomic E-state index is 0.284. The Hall–Kier alpha value is -2.82. The largest absolute Gasteiger partial charge is 0.497 e. The lowest BCUT2D eigenvalue weighted by atomic mass is 10.1. The van der Waals surface area contributed by atoms with E-state index in [0.717, 1.165) is 22.4 Å². The number of nitrogens with one attached hydrogen (secondary N) is 2. The number of amides is 2. The number of anilines is 1. The Morgan fingerprint density at radius 3 is 2.29 bits per heavy atom. The summed E-state index contributed by atoms with van der Waals surface area (Å²) >= 11 is 0. The predicted octanol–water partition coefficient (Wildman–Crippen LogP) is 3.13. The topological polar surface area (TPSA) is 67.4 Å². The van der Waals surface area contributed by atoms with Gasteiger partial charge in [0.2, 0.25) is 0 Å². The molecule has 0 fully saturated rings. The average Bonchev–Trinajstić information content (AvgIpc) is 2.58. The Balaban J connectivity index is 2.00. The van der Waals surface area contributed by atoms with Crippen molar-refractivity contribution in [2.45, 2.75) is 26.8 Å². The van der Waals surface area contributed by atoms with Crippen LogP contribution < -0.4 is 15.4 Å². The number of benzene rings is 2. The SMILES string of the molecule is COc1ccc(C(C)NC(=O)C(=O)Nc2cc(C)ccc2C)cc1. The lowest BCUT2D eigenvalue weighted by Gasteiger charge is -2.15. The molecule has 5 heteroatoms. The summed E-state index contributed by atoms with van der Waals surface area (Å²) in [5.41, 5.74) is 3.46. The third-order valence-corrected chi connectivity index (χ3v) is 3.81. The van der Waals surface area contributed by atoms with Crippen molar-refractivity contribution in [3.63, 3.8) is 0 Å². The summed E-state index contributed by atoms with van der Waals surface area (Å²) in [6, 6.07) is 12.8. The zero-order valence-corrected chi connectivity index (χ0v) is 14.3. The number of methoxy groups -OCH3 is 1. The van der Waals surface area contributed by atoms with Gasteiger partial charge in [0.1, 0.15) is 5.75 Å². The molecule has 0 aliphatic rings. The quantitative estimate of drug-likeness (QED) is 0.848. The van der Waals surface area contributed by atoms with Gasteiger partial charge in [-0.2, -0.15) is 0 Å². The summed E-state index contributed by atoms with van der Waals surface area (Å²) in [5.74, 6) is -0.603. The standard InChI is InChI=1S/C19H22N2O3/c1-12-5-6-13(2)17(11-12)21-19(23)18(22)20-14(3)15-7-9-16(24-4)10-8-15/h5-11,14H,1-4H3,(H,20,22)(H,21,23). The fourth-order valence-electron chi connectivity index (χ4n) is 2.29. The van der Waals surface area contributed by atoms with Crippen LogP contribution in [-0.2, 0) is 9.59 Å². The first kappa shape index (κ1) is 17.5. The van der Waals surface area contributed by atoms with Crippen molar-refractivity contribution in [2.24, 2.45) is 0 Å². The molecular formula is C19H22N2O3. The number of aryl methyl sites for hydroxylation is 2. The Morgan fingerprint density at radius 1 is 1.00 bits per heavy atom. The van der Waals surface area contributed by atoms with Crippen molar-refractivity contribution in [1.82, 2.24) is 5.32 Å². The highest BCUT2D eigenvalue weighted by Crippen LogP contribution is 2.18. The summed E-state index contributed by atoms with van der Waals surface area (Å²) in [7, 11) is 1.60. The minimum atomic E-state index is -0.677. The fraction of sp³-hybridized carbons (Fsp3) is 0.263. The van der Waals surface area contributed by atoms with Gasteiger partial charge < -0.3 is 15.4 Å². The van der Waals surface area contributed by atoms with E-state index in [2.05, 4.69) is 10.6 Å². The van der Waals surface area contributed by atoms with Gasteiger partial charge >= 0.3 is 11.8 Å². The van der Waals surface area contributed by atoms with E-state index >= 15 is 0 Å². The van der Waals surface area contributed by atoms with E-state index in [0.29, 0.717) is 5.69 Å². The van der Waals surface area contributed by atoms with Gasteiger partial charge in [0.05, 0.1) is 13.2 Å². The summed E-state index contributed by atoms with van der Waals surface area (Å²) in [4.78, 5) is 24.2. The average molecular weight is 326 g/mol.